The zero-order valence-electron chi connectivity index (χ0n) is 17.1. The Bertz CT molecular complexity index is 950. The van der Waals surface area contributed by atoms with Gasteiger partial charge in [0, 0.05) is 42.0 Å². The molecule has 1 saturated heterocycles. The lowest BCUT2D eigenvalue weighted by molar-refractivity contribution is 0.0993. The highest BCUT2D eigenvalue weighted by Gasteiger charge is 2.26. The summed E-state index contributed by atoms with van der Waals surface area (Å²) in [5.41, 5.74) is 4.01. The third-order valence-corrected chi connectivity index (χ3v) is 6.37. The molecule has 3 aromatic heterocycles. The van der Waals surface area contributed by atoms with Crippen LogP contribution in [-0.2, 0) is 0 Å². The van der Waals surface area contributed by atoms with E-state index in [2.05, 4.69) is 33.9 Å². The molecule has 3 aromatic rings. The summed E-state index contributed by atoms with van der Waals surface area (Å²) >= 11 is 1.71. The minimum absolute atomic E-state index is 0.291. The molecule has 0 radical (unpaired) electrons. The van der Waals surface area contributed by atoms with Gasteiger partial charge in [-0.2, -0.15) is 0 Å². The molecule has 0 bridgehead atoms. The molecule has 1 aliphatic rings. The van der Waals surface area contributed by atoms with Crippen LogP contribution in [-0.4, -0.2) is 39.5 Å². The van der Waals surface area contributed by atoms with E-state index in [1.54, 1.807) is 11.3 Å². The molecular weight excluding hydrogens is 368 g/mol. The average Bonchev–Trinajstić information content (AvgIpc) is 3.04. The summed E-state index contributed by atoms with van der Waals surface area (Å²) in [6.07, 6.45) is 2.41. The first-order valence-corrected chi connectivity index (χ1v) is 10.9. The zero-order valence-corrected chi connectivity index (χ0v) is 17.9. The second-order valence-corrected chi connectivity index (χ2v) is 9.10. The fraction of sp³-hybridized carbons (Fsp3) is 0.500. The second-order valence-electron chi connectivity index (χ2n) is 7.87. The molecule has 0 N–H and O–H groups in total. The Hall–Kier alpha value is -2.05. The third kappa shape index (κ3) is 4.33. The molecular formula is C22H28N4OS. The number of hydrogen-bond donors (Lipinski definition) is 0. The molecule has 2 atom stereocenters. The minimum Gasteiger partial charge on any atom is -0.493 e. The number of thiazole rings is 1. The molecule has 0 spiro atoms. The van der Waals surface area contributed by atoms with E-state index < -0.39 is 0 Å². The minimum atomic E-state index is 0.291. The molecule has 0 aliphatic carbocycles. The van der Waals surface area contributed by atoms with Crippen LogP contribution in [0.1, 0.15) is 47.9 Å². The van der Waals surface area contributed by atoms with Gasteiger partial charge >= 0.3 is 0 Å². The van der Waals surface area contributed by atoms with Crippen LogP contribution in [0.3, 0.4) is 0 Å². The first kappa shape index (κ1) is 19.3. The topological polar surface area (TPSA) is 51.1 Å². The van der Waals surface area contributed by atoms with Crippen molar-refractivity contribution in [2.75, 3.05) is 19.7 Å². The van der Waals surface area contributed by atoms with Gasteiger partial charge in [-0.15, -0.1) is 11.3 Å². The first-order valence-electron chi connectivity index (χ1n) is 10.0. The van der Waals surface area contributed by atoms with E-state index in [-0.39, 0.29) is 0 Å². The third-order valence-electron chi connectivity index (χ3n) is 5.45. The van der Waals surface area contributed by atoms with E-state index in [0.29, 0.717) is 12.0 Å². The maximum Gasteiger partial charge on any atom is 0.170 e. The van der Waals surface area contributed by atoms with Crippen molar-refractivity contribution >= 4 is 21.7 Å². The van der Waals surface area contributed by atoms with Crippen LogP contribution in [0.4, 0.5) is 0 Å². The van der Waals surface area contributed by atoms with Crippen molar-refractivity contribution in [2.24, 2.45) is 5.92 Å². The normalized spacial score (nSPS) is 19.1. The van der Waals surface area contributed by atoms with Crippen LogP contribution in [0.15, 0.2) is 24.3 Å². The molecule has 1 fully saturated rings. The summed E-state index contributed by atoms with van der Waals surface area (Å²) in [5.74, 6) is 1.47. The molecule has 1 aliphatic heterocycles. The van der Waals surface area contributed by atoms with Crippen molar-refractivity contribution in [3.63, 3.8) is 0 Å². The number of aryl methyl sites for hydroxylation is 3. The molecule has 0 aromatic carbocycles. The largest absolute Gasteiger partial charge is 0.493 e. The fourth-order valence-corrected chi connectivity index (χ4v) is 4.81. The number of rotatable bonds is 5. The lowest BCUT2D eigenvalue weighted by atomic mass is 9.97. The predicted molar refractivity (Wildman–Crippen MR) is 114 cm³/mol. The highest BCUT2D eigenvalue weighted by molar-refractivity contribution is 7.18. The predicted octanol–water partition coefficient (Wildman–Crippen LogP) is 4.86. The molecule has 28 heavy (non-hydrogen) atoms. The van der Waals surface area contributed by atoms with E-state index in [1.165, 1.54) is 17.5 Å². The Morgan fingerprint density at radius 2 is 1.93 bits per heavy atom. The van der Waals surface area contributed by atoms with Gasteiger partial charge in [0.05, 0.1) is 22.0 Å². The Morgan fingerprint density at radius 3 is 2.71 bits per heavy atom. The molecule has 4 heterocycles. The molecule has 5 nitrogen and oxygen atoms in total. The molecule has 0 unspecified atom stereocenters. The lowest BCUT2D eigenvalue weighted by Crippen LogP contribution is -2.39. The van der Waals surface area contributed by atoms with Crippen LogP contribution in [0.25, 0.3) is 10.3 Å². The molecule has 0 amide bonds. The van der Waals surface area contributed by atoms with Crippen LogP contribution in [0.2, 0.25) is 0 Å². The number of likely N-dealkylation sites (tertiary alicyclic amines) is 1. The van der Waals surface area contributed by atoms with Crippen LogP contribution < -0.4 is 4.74 Å². The lowest BCUT2D eigenvalue weighted by Gasteiger charge is -2.36. The Morgan fingerprint density at radius 1 is 1.14 bits per heavy atom. The van der Waals surface area contributed by atoms with Gasteiger partial charge < -0.3 is 4.74 Å². The van der Waals surface area contributed by atoms with Gasteiger partial charge in [0.15, 0.2) is 5.65 Å². The summed E-state index contributed by atoms with van der Waals surface area (Å²) in [6, 6.07) is 8.65. The summed E-state index contributed by atoms with van der Waals surface area (Å²) in [7, 11) is 0. The second kappa shape index (κ2) is 8.13. The van der Waals surface area contributed by atoms with Gasteiger partial charge in [-0.3, -0.25) is 9.88 Å². The highest BCUT2D eigenvalue weighted by atomic mass is 32.1. The number of piperidine rings is 1. The number of aromatic nitrogens is 3. The molecule has 6 heteroatoms. The van der Waals surface area contributed by atoms with Gasteiger partial charge in [0.25, 0.3) is 0 Å². The first-order chi connectivity index (χ1) is 13.5. The average molecular weight is 397 g/mol. The summed E-state index contributed by atoms with van der Waals surface area (Å²) in [4.78, 5) is 16.3. The van der Waals surface area contributed by atoms with Gasteiger partial charge in [0.1, 0.15) is 5.75 Å². The highest BCUT2D eigenvalue weighted by Crippen LogP contribution is 2.28. The van der Waals surface area contributed by atoms with E-state index in [9.17, 15) is 0 Å². The number of pyridine rings is 2. The van der Waals surface area contributed by atoms with Crippen LogP contribution in [0.5, 0.6) is 5.75 Å². The standard InChI is InChI=1S/C22H28N4OS/c1-14-10-19(11-15(2)23-14)27-13-18-6-5-9-26(12-18)16(3)20-7-8-21-22(25-20)24-17(4)28-21/h7-8,10-11,16,18H,5-6,9,12-13H2,1-4H3/t16-,18+/m1/s1. The summed E-state index contributed by atoms with van der Waals surface area (Å²) < 4.78 is 7.28. The maximum atomic E-state index is 6.11. The maximum absolute atomic E-state index is 6.11. The van der Waals surface area contributed by atoms with E-state index in [1.807, 2.05) is 32.9 Å². The van der Waals surface area contributed by atoms with E-state index in [4.69, 9.17) is 9.72 Å². The quantitative estimate of drug-likeness (QED) is 0.616. The van der Waals surface area contributed by atoms with Gasteiger partial charge in [-0.05, 0) is 59.2 Å². The van der Waals surface area contributed by atoms with Crippen molar-refractivity contribution in [1.82, 2.24) is 19.9 Å². The molecule has 148 valence electrons. The number of ether oxygens (including phenoxy) is 1. The number of fused-ring (bicyclic) bond motifs is 1. The van der Waals surface area contributed by atoms with E-state index in [0.717, 1.165) is 53.2 Å². The number of nitrogens with zero attached hydrogens (tertiary/aromatic N) is 4. The van der Waals surface area contributed by atoms with Crippen molar-refractivity contribution in [3.05, 3.63) is 46.4 Å². The fourth-order valence-electron chi connectivity index (χ4n) is 4.04. The summed E-state index contributed by atoms with van der Waals surface area (Å²) in [5, 5.41) is 1.07. The van der Waals surface area contributed by atoms with Crippen molar-refractivity contribution in [1.29, 1.82) is 0 Å². The Kier molecular flexibility index (Phi) is 5.60. The van der Waals surface area contributed by atoms with Gasteiger partial charge in [0.2, 0.25) is 0 Å². The van der Waals surface area contributed by atoms with Crippen molar-refractivity contribution < 1.29 is 4.74 Å². The van der Waals surface area contributed by atoms with Crippen molar-refractivity contribution in [2.45, 2.75) is 46.6 Å². The van der Waals surface area contributed by atoms with Crippen molar-refractivity contribution in [3.8, 4) is 5.75 Å². The zero-order chi connectivity index (χ0) is 19.7. The molecule has 4 rings (SSSR count). The smallest absolute Gasteiger partial charge is 0.170 e. The molecule has 0 saturated carbocycles. The van der Waals surface area contributed by atoms with Crippen LogP contribution in [0, 0.1) is 26.7 Å². The Labute approximate surface area is 170 Å². The SMILES string of the molecule is Cc1cc(OC[C@H]2CCCN([C@H](C)c3ccc4sc(C)nc4n3)C2)cc(C)n1. The summed E-state index contributed by atoms with van der Waals surface area (Å²) in [6.45, 7) is 11.2. The van der Waals surface area contributed by atoms with E-state index >= 15 is 0 Å². The monoisotopic (exact) mass is 396 g/mol. The number of hydrogen-bond acceptors (Lipinski definition) is 6. The van der Waals surface area contributed by atoms with Gasteiger partial charge in [-0.1, -0.05) is 0 Å². The van der Waals surface area contributed by atoms with Gasteiger partial charge in [-0.25, -0.2) is 9.97 Å². The Balaban J connectivity index is 1.40. The van der Waals surface area contributed by atoms with Crippen LogP contribution >= 0.6 is 11.3 Å².